The lowest BCUT2D eigenvalue weighted by molar-refractivity contribution is 0.155. The summed E-state index contributed by atoms with van der Waals surface area (Å²) in [5.41, 5.74) is 2.34. The normalized spacial score (nSPS) is 19.2. The molecule has 3 rings (SSSR count). The minimum atomic E-state index is -0.287. The monoisotopic (exact) mass is 233 g/mol. The van der Waals surface area contributed by atoms with E-state index in [1.807, 2.05) is 12.3 Å². The highest BCUT2D eigenvalue weighted by molar-refractivity contribution is 5.27. The number of aliphatic hydroxyl groups excluding tert-OH is 1. The summed E-state index contributed by atoms with van der Waals surface area (Å²) in [5, 5.41) is 13.7. The molecule has 1 N–H and O–H groups in total. The number of nitrogens with zero attached hydrogens (tertiary/aromatic N) is 3. The van der Waals surface area contributed by atoms with Crippen LogP contribution in [-0.4, -0.2) is 19.8 Å². The first-order valence-corrected chi connectivity index (χ1v) is 5.96. The van der Waals surface area contributed by atoms with Crippen molar-refractivity contribution in [2.24, 2.45) is 0 Å². The van der Waals surface area contributed by atoms with Crippen LogP contribution in [-0.2, 0) is 19.4 Å². The van der Waals surface area contributed by atoms with Gasteiger partial charge >= 0.3 is 0 Å². The molecule has 0 aromatic carbocycles. The molecule has 0 spiro atoms. The van der Waals surface area contributed by atoms with Gasteiger partial charge in [0.1, 0.15) is 0 Å². The molecule has 0 amide bonds. The van der Waals surface area contributed by atoms with Gasteiger partial charge in [-0.2, -0.15) is 4.98 Å². The van der Waals surface area contributed by atoms with Crippen LogP contribution < -0.4 is 0 Å². The Kier molecular flexibility index (Phi) is 2.68. The van der Waals surface area contributed by atoms with E-state index in [9.17, 15) is 5.11 Å². The zero-order valence-corrected chi connectivity index (χ0v) is 9.54. The molecule has 1 atom stereocenters. The van der Waals surface area contributed by atoms with Crippen molar-refractivity contribution in [1.82, 2.24) is 14.7 Å². The fourth-order valence-corrected chi connectivity index (χ4v) is 2.46. The van der Waals surface area contributed by atoms with Crippen molar-refractivity contribution < 1.29 is 9.63 Å². The van der Waals surface area contributed by atoms with E-state index in [-0.39, 0.29) is 6.10 Å². The topological polar surface area (TPSA) is 64.1 Å². The summed E-state index contributed by atoms with van der Waals surface area (Å²) in [4.78, 5) is 4.00. The number of hydrogen-bond donors (Lipinski definition) is 1. The van der Waals surface area contributed by atoms with E-state index in [2.05, 4.69) is 14.7 Å². The highest BCUT2D eigenvalue weighted by Gasteiger charge is 2.20. The average molecular weight is 233 g/mol. The molecule has 0 aliphatic heterocycles. The van der Waals surface area contributed by atoms with E-state index < -0.39 is 0 Å². The summed E-state index contributed by atoms with van der Waals surface area (Å²) < 4.78 is 6.89. The van der Waals surface area contributed by atoms with Gasteiger partial charge in [0.15, 0.2) is 5.82 Å². The second-order valence-electron chi connectivity index (χ2n) is 4.42. The van der Waals surface area contributed by atoms with Crippen molar-refractivity contribution in [2.45, 2.75) is 38.3 Å². The fourth-order valence-electron chi connectivity index (χ4n) is 2.46. The third-order valence-electron chi connectivity index (χ3n) is 3.35. The van der Waals surface area contributed by atoms with Crippen molar-refractivity contribution in [3.8, 4) is 0 Å². The molecule has 2 aromatic heterocycles. The van der Waals surface area contributed by atoms with Crippen LogP contribution in [0, 0.1) is 0 Å². The van der Waals surface area contributed by atoms with Gasteiger partial charge < -0.3 is 14.2 Å². The second kappa shape index (κ2) is 4.33. The number of aliphatic hydroxyl groups is 1. The summed E-state index contributed by atoms with van der Waals surface area (Å²) in [5.74, 6) is 0.726. The van der Waals surface area contributed by atoms with E-state index in [0.717, 1.165) is 43.6 Å². The standard InChI is InChI=1S/C12H15N3O2/c16-11-3-1-2-10-9(11)4-6-15(10)7-5-12-13-8-17-14-12/h4,6,8,11,16H,1-3,5,7H2. The Hall–Kier alpha value is -1.62. The van der Waals surface area contributed by atoms with Crippen LogP contribution in [0.25, 0.3) is 0 Å². The Morgan fingerprint density at radius 3 is 3.29 bits per heavy atom. The smallest absolute Gasteiger partial charge is 0.213 e. The third-order valence-corrected chi connectivity index (χ3v) is 3.35. The Balaban J connectivity index is 1.75. The van der Waals surface area contributed by atoms with Gasteiger partial charge in [-0.15, -0.1) is 0 Å². The molecule has 1 aliphatic rings. The highest BCUT2D eigenvalue weighted by Crippen LogP contribution is 2.30. The Morgan fingerprint density at radius 1 is 1.53 bits per heavy atom. The van der Waals surface area contributed by atoms with Crippen LogP contribution in [0.2, 0.25) is 0 Å². The summed E-state index contributed by atoms with van der Waals surface area (Å²) in [6.07, 6.45) is 6.84. The lowest BCUT2D eigenvalue weighted by Gasteiger charge is -2.19. The number of hydrogen-bond acceptors (Lipinski definition) is 4. The van der Waals surface area contributed by atoms with Crippen LogP contribution in [0.5, 0.6) is 0 Å². The predicted molar refractivity (Wildman–Crippen MR) is 60.3 cm³/mol. The highest BCUT2D eigenvalue weighted by atomic mass is 16.5. The molecule has 0 saturated heterocycles. The van der Waals surface area contributed by atoms with Gasteiger partial charge in [-0.05, 0) is 25.3 Å². The van der Waals surface area contributed by atoms with Crippen LogP contribution in [0.4, 0.5) is 0 Å². The largest absolute Gasteiger partial charge is 0.388 e. The summed E-state index contributed by atoms with van der Waals surface area (Å²) in [6.45, 7) is 0.835. The molecule has 2 aromatic rings. The van der Waals surface area contributed by atoms with Gasteiger partial charge in [-0.3, -0.25) is 0 Å². The second-order valence-corrected chi connectivity index (χ2v) is 4.42. The third kappa shape index (κ3) is 1.98. The van der Waals surface area contributed by atoms with Crippen molar-refractivity contribution in [2.75, 3.05) is 0 Å². The van der Waals surface area contributed by atoms with E-state index in [1.165, 1.54) is 12.1 Å². The predicted octanol–water partition coefficient (Wildman–Crippen LogP) is 1.48. The zero-order valence-electron chi connectivity index (χ0n) is 9.54. The molecule has 90 valence electrons. The maximum atomic E-state index is 9.87. The molecule has 5 nitrogen and oxygen atoms in total. The van der Waals surface area contributed by atoms with E-state index >= 15 is 0 Å². The van der Waals surface area contributed by atoms with Crippen LogP contribution in [0.1, 0.15) is 36.0 Å². The van der Waals surface area contributed by atoms with Crippen LogP contribution in [0.15, 0.2) is 23.2 Å². The molecule has 0 bridgehead atoms. The van der Waals surface area contributed by atoms with Crippen LogP contribution >= 0.6 is 0 Å². The first-order chi connectivity index (χ1) is 8.34. The SMILES string of the molecule is OC1CCCc2c1ccn2CCc1ncon1. The number of fused-ring (bicyclic) bond motifs is 1. The first-order valence-electron chi connectivity index (χ1n) is 5.96. The minimum absolute atomic E-state index is 0.287. The number of rotatable bonds is 3. The Labute approximate surface area is 99.1 Å². The fraction of sp³-hybridized carbons (Fsp3) is 0.500. The summed E-state index contributed by atoms with van der Waals surface area (Å²) in [6, 6.07) is 2.02. The molecule has 1 unspecified atom stereocenters. The maximum Gasteiger partial charge on any atom is 0.213 e. The average Bonchev–Trinajstić information content (AvgIpc) is 2.95. The van der Waals surface area contributed by atoms with Gasteiger partial charge in [-0.1, -0.05) is 5.16 Å². The maximum absolute atomic E-state index is 9.87. The molecule has 0 radical (unpaired) electrons. The number of aryl methyl sites for hydroxylation is 2. The molecule has 5 heteroatoms. The van der Waals surface area contributed by atoms with Crippen molar-refractivity contribution in [3.05, 3.63) is 35.7 Å². The lowest BCUT2D eigenvalue weighted by Crippen LogP contribution is -2.13. The van der Waals surface area contributed by atoms with Crippen molar-refractivity contribution in [3.63, 3.8) is 0 Å². The van der Waals surface area contributed by atoms with Crippen molar-refractivity contribution >= 4 is 0 Å². The molecule has 0 saturated carbocycles. The molecule has 17 heavy (non-hydrogen) atoms. The zero-order chi connectivity index (χ0) is 11.7. The summed E-state index contributed by atoms with van der Waals surface area (Å²) in [7, 11) is 0. The molecular formula is C12H15N3O2. The Bertz CT molecular complexity index is 490. The summed E-state index contributed by atoms with van der Waals surface area (Å²) >= 11 is 0. The molecular weight excluding hydrogens is 218 g/mol. The quantitative estimate of drug-likeness (QED) is 0.872. The van der Waals surface area contributed by atoms with E-state index in [0.29, 0.717) is 0 Å². The van der Waals surface area contributed by atoms with E-state index in [4.69, 9.17) is 4.52 Å². The van der Waals surface area contributed by atoms with Gasteiger partial charge in [0.05, 0.1) is 6.10 Å². The van der Waals surface area contributed by atoms with Gasteiger partial charge in [0, 0.05) is 30.4 Å². The van der Waals surface area contributed by atoms with E-state index in [1.54, 1.807) is 0 Å². The lowest BCUT2D eigenvalue weighted by atomic mass is 9.95. The first kappa shape index (κ1) is 10.5. The molecule has 2 heterocycles. The minimum Gasteiger partial charge on any atom is -0.388 e. The van der Waals surface area contributed by atoms with Crippen LogP contribution in [0.3, 0.4) is 0 Å². The van der Waals surface area contributed by atoms with Gasteiger partial charge in [0.25, 0.3) is 0 Å². The van der Waals surface area contributed by atoms with Gasteiger partial charge in [0.2, 0.25) is 6.39 Å². The molecule has 1 aliphatic carbocycles. The van der Waals surface area contributed by atoms with Crippen molar-refractivity contribution in [1.29, 1.82) is 0 Å². The number of aromatic nitrogens is 3. The molecule has 0 fully saturated rings. The van der Waals surface area contributed by atoms with Gasteiger partial charge in [-0.25, -0.2) is 0 Å². The Morgan fingerprint density at radius 2 is 2.47 bits per heavy atom.